The Bertz CT molecular complexity index is 324. The average molecular weight is 240 g/mol. The molecule has 0 spiro atoms. The van der Waals surface area contributed by atoms with Gasteiger partial charge in [-0.1, -0.05) is 0 Å². The Labute approximate surface area is 89.1 Å². The Morgan fingerprint density at radius 1 is 1.47 bits per heavy atom. The summed E-state index contributed by atoms with van der Waals surface area (Å²) in [5.41, 5.74) is 4.33. The van der Waals surface area contributed by atoms with E-state index in [4.69, 9.17) is 10.5 Å². The topological polar surface area (TPSA) is 48.1 Å². The van der Waals surface area contributed by atoms with Gasteiger partial charge in [-0.2, -0.15) is 13.2 Å². The van der Waals surface area contributed by atoms with Gasteiger partial charge < -0.3 is 10.5 Å². The zero-order valence-electron chi connectivity index (χ0n) is 8.10. The van der Waals surface area contributed by atoms with Crippen LogP contribution in [0.4, 0.5) is 13.2 Å². The average Bonchev–Trinajstić information content (AvgIpc) is 2.57. The van der Waals surface area contributed by atoms with Gasteiger partial charge in [0.2, 0.25) is 0 Å². The normalized spacial score (nSPS) is 12.1. The first-order valence-electron chi connectivity index (χ1n) is 4.32. The number of halogens is 3. The molecule has 3 nitrogen and oxygen atoms in total. The molecule has 7 heteroatoms. The van der Waals surface area contributed by atoms with Crippen molar-refractivity contribution in [3.8, 4) is 0 Å². The zero-order chi connectivity index (χ0) is 11.5. The highest BCUT2D eigenvalue weighted by Gasteiger charge is 2.36. The van der Waals surface area contributed by atoms with Crippen LogP contribution in [-0.4, -0.2) is 11.6 Å². The summed E-state index contributed by atoms with van der Waals surface area (Å²) < 4.78 is 42.2. The van der Waals surface area contributed by atoms with Crippen LogP contribution in [0.2, 0.25) is 0 Å². The van der Waals surface area contributed by atoms with Crippen LogP contribution in [0.3, 0.4) is 0 Å². The highest BCUT2D eigenvalue weighted by Crippen LogP contribution is 2.34. The molecule has 0 atom stereocenters. The molecule has 0 saturated heterocycles. The van der Waals surface area contributed by atoms with Crippen molar-refractivity contribution >= 4 is 11.3 Å². The van der Waals surface area contributed by atoms with Gasteiger partial charge in [-0.3, -0.25) is 0 Å². The first-order valence-corrected chi connectivity index (χ1v) is 5.14. The minimum atomic E-state index is -4.43. The molecular formula is C8H11F3N2OS. The molecule has 1 heterocycles. The monoisotopic (exact) mass is 240 g/mol. The molecule has 0 bridgehead atoms. The number of hydrogen-bond donors (Lipinski definition) is 1. The van der Waals surface area contributed by atoms with Crippen LogP contribution in [-0.2, 0) is 24.1 Å². The lowest BCUT2D eigenvalue weighted by Gasteiger charge is -2.03. The molecule has 0 amide bonds. The van der Waals surface area contributed by atoms with E-state index in [-0.39, 0.29) is 18.0 Å². The van der Waals surface area contributed by atoms with Crippen molar-refractivity contribution in [3.63, 3.8) is 0 Å². The van der Waals surface area contributed by atoms with Crippen molar-refractivity contribution in [1.29, 1.82) is 0 Å². The molecule has 0 fully saturated rings. The molecule has 0 aromatic carbocycles. The maximum absolute atomic E-state index is 12.4. The molecule has 0 radical (unpaired) electrons. The van der Waals surface area contributed by atoms with E-state index in [9.17, 15) is 13.2 Å². The predicted octanol–water partition coefficient (Wildman–Crippen LogP) is 2.16. The first kappa shape index (κ1) is 12.4. The van der Waals surface area contributed by atoms with E-state index in [0.717, 1.165) is 11.3 Å². The largest absolute Gasteiger partial charge is 0.434 e. The Hall–Kier alpha value is -0.660. The van der Waals surface area contributed by atoms with Gasteiger partial charge in [-0.25, -0.2) is 4.98 Å². The molecule has 1 rings (SSSR count). The van der Waals surface area contributed by atoms with Gasteiger partial charge in [-0.05, 0) is 6.92 Å². The lowest BCUT2D eigenvalue weighted by Crippen LogP contribution is -2.10. The quantitative estimate of drug-likeness (QED) is 0.877. The van der Waals surface area contributed by atoms with Crippen molar-refractivity contribution in [3.05, 3.63) is 15.6 Å². The summed E-state index contributed by atoms with van der Waals surface area (Å²) in [4.78, 5) is 3.53. The summed E-state index contributed by atoms with van der Waals surface area (Å²) >= 11 is 0.945. The van der Waals surface area contributed by atoms with Crippen molar-refractivity contribution in [2.24, 2.45) is 5.73 Å². The molecule has 0 aliphatic rings. The minimum absolute atomic E-state index is 0.0530. The molecule has 15 heavy (non-hydrogen) atoms. The SMILES string of the molecule is CCOCc1nc(C(F)(F)F)c(CN)s1. The number of aromatic nitrogens is 1. The van der Waals surface area contributed by atoms with Crippen LogP contribution in [0.15, 0.2) is 0 Å². The molecule has 0 aliphatic heterocycles. The van der Waals surface area contributed by atoms with Gasteiger partial charge in [0.15, 0.2) is 5.69 Å². The Morgan fingerprint density at radius 2 is 2.13 bits per heavy atom. The van der Waals surface area contributed by atoms with Gasteiger partial charge in [0.05, 0.1) is 11.5 Å². The van der Waals surface area contributed by atoms with Crippen molar-refractivity contribution in [2.45, 2.75) is 26.3 Å². The smallest absolute Gasteiger partial charge is 0.375 e. The Kier molecular flexibility index (Phi) is 4.06. The second-order valence-corrected chi connectivity index (χ2v) is 3.89. The van der Waals surface area contributed by atoms with Crippen LogP contribution in [0.5, 0.6) is 0 Å². The predicted molar refractivity (Wildman–Crippen MR) is 50.3 cm³/mol. The summed E-state index contributed by atoms with van der Waals surface area (Å²) in [6.45, 7) is 2.16. The van der Waals surface area contributed by atoms with Gasteiger partial charge >= 0.3 is 6.18 Å². The first-order chi connectivity index (χ1) is 6.99. The molecule has 2 N–H and O–H groups in total. The van der Waals surface area contributed by atoms with E-state index >= 15 is 0 Å². The van der Waals surface area contributed by atoms with Gasteiger partial charge in [0.25, 0.3) is 0 Å². The van der Waals surface area contributed by atoms with Crippen molar-refractivity contribution in [2.75, 3.05) is 6.61 Å². The molecule has 1 aromatic heterocycles. The third kappa shape index (κ3) is 3.15. The van der Waals surface area contributed by atoms with Crippen molar-refractivity contribution < 1.29 is 17.9 Å². The third-order valence-corrected chi connectivity index (χ3v) is 2.68. The third-order valence-electron chi connectivity index (χ3n) is 1.63. The summed E-state index contributed by atoms with van der Waals surface area (Å²) in [6, 6.07) is 0. The minimum Gasteiger partial charge on any atom is -0.375 e. The van der Waals surface area contributed by atoms with E-state index in [1.54, 1.807) is 6.92 Å². The van der Waals surface area contributed by atoms with E-state index in [1.165, 1.54) is 0 Å². The molecule has 0 saturated carbocycles. The molecule has 86 valence electrons. The van der Waals surface area contributed by atoms with Crippen LogP contribution in [0, 0.1) is 0 Å². The summed E-state index contributed by atoms with van der Waals surface area (Å²) in [6.07, 6.45) is -4.43. The molecule has 1 aromatic rings. The van der Waals surface area contributed by atoms with E-state index in [0.29, 0.717) is 11.6 Å². The van der Waals surface area contributed by atoms with E-state index in [2.05, 4.69) is 4.98 Å². The lowest BCUT2D eigenvalue weighted by atomic mass is 10.3. The van der Waals surface area contributed by atoms with E-state index in [1.807, 2.05) is 0 Å². The number of hydrogen-bond acceptors (Lipinski definition) is 4. The van der Waals surface area contributed by atoms with E-state index < -0.39 is 11.9 Å². The highest BCUT2D eigenvalue weighted by molar-refractivity contribution is 7.11. The fourth-order valence-corrected chi connectivity index (χ4v) is 1.92. The molecule has 0 unspecified atom stereocenters. The highest BCUT2D eigenvalue weighted by atomic mass is 32.1. The molecular weight excluding hydrogens is 229 g/mol. The maximum Gasteiger partial charge on any atom is 0.434 e. The molecule has 0 aliphatic carbocycles. The lowest BCUT2D eigenvalue weighted by molar-refractivity contribution is -0.141. The standard InChI is InChI=1S/C8H11F3N2OS/c1-2-14-4-6-13-7(8(9,10)11)5(3-12)15-6/h2-4,12H2,1H3. The van der Waals surface area contributed by atoms with Gasteiger partial charge in [0.1, 0.15) is 5.01 Å². The number of nitrogens with two attached hydrogens (primary N) is 1. The fourth-order valence-electron chi connectivity index (χ4n) is 1.01. The number of nitrogens with zero attached hydrogens (tertiary/aromatic N) is 1. The van der Waals surface area contributed by atoms with Crippen LogP contribution < -0.4 is 5.73 Å². The van der Waals surface area contributed by atoms with Crippen LogP contribution in [0.25, 0.3) is 0 Å². The van der Waals surface area contributed by atoms with Crippen LogP contribution >= 0.6 is 11.3 Å². The Morgan fingerprint density at radius 3 is 2.53 bits per heavy atom. The summed E-state index contributed by atoms with van der Waals surface area (Å²) in [7, 11) is 0. The fraction of sp³-hybridized carbons (Fsp3) is 0.625. The summed E-state index contributed by atoms with van der Waals surface area (Å²) in [5.74, 6) is 0. The second kappa shape index (κ2) is 4.91. The number of thiazole rings is 1. The van der Waals surface area contributed by atoms with Gasteiger partial charge in [-0.15, -0.1) is 11.3 Å². The van der Waals surface area contributed by atoms with Crippen LogP contribution in [0.1, 0.15) is 22.5 Å². The summed E-state index contributed by atoms with van der Waals surface area (Å²) in [5, 5.41) is 0.310. The number of rotatable bonds is 4. The second-order valence-electron chi connectivity index (χ2n) is 2.72. The maximum atomic E-state index is 12.4. The Balaban J connectivity index is 2.90. The van der Waals surface area contributed by atoms with Crippen molar-refractivity contribution in [1.82, 2.24) is 4.98 Å². The number of alkyl halides is 3. The van der Waals surface area contributed by atoms with Gasteiger partial charge in [0, 0.05) is 13.2 Å². The number of ether oxygens (including phenoxy) is 1. The zero-order valence-corrected chi connectivity index (χ0v) is 8.91.